The minimum Gasteiger partial charge on any atom is -0.361 e. The average Bonchev–Trinajstić information content (AvgIpc) is 3.03. The molecule has 96 valence electrons. The van der Waals surface area contributed by atoms with Crippen molar-refractivity contribution >= 4 is 22.7 Å². The Morgan fingerprint density at radius 2 is 2.16 bits per heavy atom. The molecule has 0 radical (unpaired) electrons. The Kier molecular flexibility index (Phi) is 2.72. The number of fused-ring (bicyclic) bond motifs is 1. The van der Waals surface area contributed by atoms with Crippen molar-refractivity contribution in [3.8, 4) is 0 Å². The molecule has 1 aromatic heterocycles. The highest BCUT2D eigenvalue weighted by atomic mass is 16.2. The third kappa shape index (κ3) is 1.86. The van der Waals surface area contributed by atoms with Gasteiger partial charge in [0.25, 0.3) is 5.91 Å². The first kappa shape index (κ1) is 11.7. The molecule has 0 saturated carbocycles. The van der Waals surface area contributed by atoms with Crippen molar-refractivity contribution in [1.29, 1.82) is 0 Å². The number of anilines is 1. The molecule has 0 unspecified atom stereocenters. The van der Waals surface area contributed by atoms with E-state index in [1.807, 2.05) is 43.5 Å². The number of benzene rings is 1. The Bertz CT molecular complexity index is 669. The van der Waals surface area contributed by atoms with E-state index in [2.05, 4.69) is 10.3 Å². The number of hydrogen-bond donors (Lipinski definition) is 3. The Morgan fingerprint density at radius 3 is 2.84 bits per heavy atom. The molecule has 0 bridgehead atoms. The topological polar surface area (TPSA) is 70.9 Å². The first-order valence-electron chi connectivity index (χ1n) is 6.20. The zero-order valence-corrected chi connectivity index (χ0v) is 10.7. The maximum Gasteiger partial charge on any atom is 0.256 e. The van der Waals surface area contributed by atoms with E-state index in [4.69, 9.17) is 5.73 Å². The molecule has 4 heteroatoms. The van der Waals surface area contributed by atoms with Crippen molar-refractivity contribution in [3.63, 3.8) is 0 Å². The fourth-order valence-electron chi connectivity index (χ4n) is 2.41. The van der Waals surface area contributed by atoms with Crippen LogP contribution in [-0.4, -0.2) is 10.9 Å². The maximum absolute atomic E-state index is 12.2. The largest absolute Gasteiger partial charge is 0.361 e. The van der Waals surface area contributed by atoms with Crippen LogP contribution in [0.15, 0.2) is 36.5 Å². The number of aromatic amines is 1. The van der Waals surface area contributed by atoms with Crippen molar-refractivity contribution in [2.75, 3.05) is 5.32 Å². The standard InChI is InChI=1S/C15H15N3O/c1-9(12-3-2-6-17-12)14-11-7-10(8-16)4-5-13(11)18-15(14)19/h2-7,17H,8,16H2,1H3,(H,18,19)/b14-9+. The van der Waals surface area contributed by atoms with Gasteiger partial charge in [-0.25, -0.2) is 0 Å². The number of carbonyl (C=O) groups excluding carboxylic acids is 1. The number of H-pyrrole nitrogens is 1. The number of amides is 1. The Morgan fingerprint density at radius 1 is 1.32 bits per heavy atom. The minimum atomic E-state index is -0.0590. The van der Waals surface area contributed by atoms with E-state index in [0.29, 0.717) is 12.1 Å². The van der Waals surface area contributed by atoms with Crippen molar-refractivity contribution < 1.29 is 4.79 Å². The Balaban J connectivity index is 2.19. The second-order valence-electron chi connectivity index (χ2n) is 4.62. The predicted octanol–water partition coefficient (Wildman–Crippen LogP) is 2.36. The monoisotopic (exact) mass is 253 g/mol. The third-order valence-corrected chi connectivity index (χ3v) is 3.44. The van der Waals surface area contributed by atoms with E-state index < -0.39 is 0 Å². The van der Waals surface area contributed by atoms with Crippen LogP contribution in [0.1, 0.15) is 23.7 Å². The number of nitrogens with one attached hydrogen (secondary N) is 2. The van der Waals surface area contributed by atoms with Crippen molar-refractivity contribution in [2.24, 2.45) is 5.73 Å². The summed E-state index contributed by atoms with van der Waals surface area (Å²) in [5.41, 5.74) is 11.1. The SMILES string of the molecule is C/C(=C1\C(=O)Nc2ccc(CN)cc21)c1ccc[nH]1. The molecule has 1 aromatic carbocycles. The van der Waals surface area contributed by atoms with Gasteiger partial charge < -0.3 is 16.0 Å². The summed E-state index contributed by atoms with van der Waals surface area (Å²) < 4.78 is 0. The molecule has 19 heavy (non-hydrogen) atoms. The summed E-state index contributed by atoms with van der Waals surface area (Å²) in [5.74, 6) is -0.0590. The van der Waals surface area contributed by atoms with Crippen LogP contribution < -0.4 is 11.1 Å². The number of nitrogens with two attached hydrogens (primary N) is 1. The van der Waals surface area contributed by atoms with Gasteiger partial charge in [-0.15, -0.1) is 0 Å². The number of rotatable bonds is 2. The molecule has 0 saturated heterocycles. The van der Waals surface area contributed by atoms with Crippen LogP contribution in [0.2, 0.25) is 0 Å². The molecule has 2 heterocycles. The van der Waals surface area contributed by atoms with Crippen molar-refractivity contribution in [1.82, 2.24) is 4.98 Å². The van der Waals surface area contributed by atoms with E-state index in [0.717, 1.165) is 28.1 Å². The summed E-state index contributed by atoms with van der Waals surface area (Å²) >= 11 is 0. The Labute approximate surface area is 111 Å². The molecule has 1 aliphatic rings. The molecule has 2 aromatic rings. The number of aromatic nitrogens is 1. The summed E-state index contributed by atoms with van der Waals surface area (Å²) in [6.07, 6.45) is 1.85. The second kappa shape index (κ2) is 4.40. The first-order valence-corrected chi connectivity index (χ1v) is 6.20. The van der Waals surface area contributed by atoms with Gasteiger partial charge in [-0.3, -0.25) is 4.79 Å². The van der Waals surface area contributed by atoms with Gasteiger partial charge in [-0.2, -0.15) is 0 Å². The van der Waals surface area contributed by atoms with Crippen LogP contribution in [0.4, 0.5) is 5.69 Å². The van der Waals surface area contributed by atoms with Crippen molar-refractivity contribution in [3.05, 3.63) is 53.3 Å². The average molecular weight is 253 g/mol. The van der Waals surface area contributed by atoms with Crippen LogP contribution in [0.5, 0.6) is 0 Å². The molecule has 0 aliphatic carbocycles. The zero-order chi connectivity index (χ0) is 13.4. The summed E-state index contributed by atoms with van der Waals surface area (Å²) in [4.78, 5) is 15.3. The molecule has 4 nitrogen and oxygen atoms in total. The second-order valence-corrected chi connectivity index (χ2v) is 4.62. The van der Waals surface area contributed by atoms with Gasteiger partial charge in [-0.1, -0.05) is 6.07 Å². The lowest BCUT2D eigenvalue weighted by Gasteiger charge is -2.05. The summed E-state index contributed by atoms with van der Waals surface area (Å²) in [6, 6.07) is 9.70. The maximum atomic E-state index is 12.2. The van der Waals surface area contributed by atoms with Gasteiger partial charge in [-0.05, 0) is 42.3 Å². The summed E-state index contributed by atoms with van der Waals surface area (Å²) in [6.45, 7) is 2.42. The zero-order valence-electron chi connectivity index (χ0n) is 10.7. The molecule has 0 spiro atoms. The highest BCUT2D eigenvalue weighted by Crippen LogP contribution is 2.36. The van der Waals surface area contributed by atoms with Crippen LogP contribution in [0, 0.1) is 0 Å². The van der Waals surface area contributed by atoms with Gasteiger partial charge in [0.15, 0.2) is 0 Å². The van der Waals surface area contributed by atoms with E-state index in [9.17, 15) is 4.79 Å². The lowest BCUT2D eigenvalue weighted by molar-refractivity contribution is -0.110. The molecule has 1 amide bonds. The van der Waals surface area contributed by atoms with E-state index >= 15 is 0 Å². The minimum absolute atomic E-state index is 0.0590. The van der Waals surface area contributed by atoms with Crippen LogP contribution in [0.25, 0.3) is 11.1 Å². The molecule has 3 rings (SSSR count). The molecule has 0 atom stereocenters. The Hall–Kier alpha value is -2.33. The molecule has 0 fully saturated rings. The van der Waals surface area contributed by atoms with E-state index in [1.165, 1.54) is 0 Å². The summed E-state index contributed by atoms with van der Waals surface area (Å²) in [7, 11) is 0. The molecule has 1 aliphatic heterocycles. The van der Waals surface area contributed by atoms with Crippen molar-refractivity contribution in [2.45, 2.75) is 13.5 Å². The fraction of sp³-hybridized carbons (Fsp3) is 0.133. The molecular formula is C15H15N3O. The third-order valence-electron chi connectivity index (χ3n) is 3.44. The molecular weight excluding hydrogens is 238 g/mol. The number of carbonyl (C=O) groups is 1. The van der Waals surface area contributed by atoms with E-state index in [1.54, 1.807) is 0 Å². The van der Waals surface area contributed by atoms with Gasteiger partial charge >= 0.3 is 0 Å². The van der Waals surface area contributed by atoms with Crippen LogP contribution in [-0.2, 0) is 11.3 Å². The fourth-order valence-corrected chi connectivity index (χ4v) is 2.41. The quantitative estimate of drug-likeness (QED) is 0.719. The summed E-state index contributed by atoms with van der Waals surface area (Å²) in [5, 5.41) is 2.89. The highest BCUT2D eigenvalue weighted by Gasteiger charge is 2.26. The first-order chi connectivity index (χ1) is 9.20. The van der Waals surface area contributed by atoms with Gasteiger partial charge in [0, 0.05) is 29.7 Å². The van der Waals surface area contributed by atoms with Gasteiger partial charge in [0.1, 0.15) is 0 Å². The van der Waals surface area contributed by atoms with Crippen LogP contribution >= 0.6 is 0 Å². The molecule has 4 N–H and O–H groups in total. The van der Waals surface area contributed by atoms with Gasteiger partial charge in [0.2, 0.25) is 0 Å². The van der Waals surface area contributed by atoms with Crippen LogP contribution in [0.3, 0.4) is 0 Å². The normalized spacial score (nSPS) is 16.2. The number of allylic oxidation sites excluding steroid dienone is 1. The lowest BCUT2D eigenvalue weighted by atomic mass is 9.98. The van der Waals surface area contributed by atoms with Gasteiger partial charge in [0.05, 0.1) is 5.57 Å². The highest BCUT2D eigenvalue weighted by molar-refractivity contribution is 6.36. The smallest absolute Gasteiger partial charge is 0.256 e. The number of hydrogen-bond acceptors (Lipinski definition) is 2. The lowest BCUT2D eigenvalue weighted by Crippen LogP contribution is -2.05. The predicted molar refractivity (Wildman–Crippen MR) is 76.2 cm³/mol. The van der Waals surface area contributed by atoms with E-state index in [-0.39, 0.29) is 5.91 Å².